The van der Waals surface area contributed by atoms with Gasteiger partial charge >= 0.3 is 0 Å². The van der Waals surface area contributed by atoms with Crippen LogP contribution in [0.15, 0.2) is 0 Å². The van der Waals surface area contributed by atoms with Gasteiger partial charge in [-0.2, -0.15) is 0 Å². The monoisotopic (exact) mass is 231 g/mol. The van der Waals surface area contributed by atoms with E-state index in [0.29, 0.717) is 12.1 Å². The predicted octanol–water partition coefficient (Wildman–Crippen LogP) is 1.19. The van der Waals surface area contributed by atoms with Gasteiger partial charge in [-0.1, -0.05) is 0 Å². The summed E-state index contributed by atoms with van der Waals surface area (Å²) < 4.78 is 16.4. The maximum Gasteiger partial charge on any atom is 0.0986 e. The minimum Gasteiger partial charge on any atom is -0.377 e. The van der Waals surface area contributed by atoms with Gasteiger partial charge < -0.3 is 19.5 Å². The molecule has 1 fully saturated rings. The van der Waals surface area contributed by atoms with Crippen LogP contribution >= 0.6 is 0 Å². The molecule has 0 bridgehead atoms. The first-order valence-corrected chi connectivity index (χ1v) is 6.18. The van der Waals surface area contributed by atoms with Crippen LogP contribution in [-0.4, -0.2) is 51.2 Å². The molecule has 1 aliphatic carbocycles. The number of hydrogen-bond acceptors (Lipinski definition) is 4. The maximum atomic E-state index is 5.56. The first-order chi connectivity index (χ1) is 7.69. The summed E-state index contributed by atoms with van der Waals surface area (Å²) in [5.74, 6) is 0. The van der Waals surface area contributed by atoms with Gasteiger partial charge in [0.15, 0.2) is 0 Å². The number of methoxy groups -OCH3 is 1. The lowest BCUT2D eigenvalue weighted by Crippen LogP contribution is -2.60. The Balaban J connectivity index is 2.10. The van der Waals surface area contributed by atoms with E-state index in [0.717, 1.165) is 26.2 Å². The Morgan fingerprint density at radius 1 is 1.38 bits per heavy atom. The topological polar surface area (TPSA) is 39.7 Å². The molecular formula is C12H25NO3. The number of hydrogen-bond donors (Lipinski definition) is 1. The average Bonchev–Trinajstić information content (AvgIpc) is 2.21. The fraction of sp³-hybridized carbons (Fsp3) is 1.00. The second kappa shape index (κ2) is 7.22. The van der Waals surface area contributed by atoms with Crippen molar-refractivity contribution in [3.63, 3.8) is 0 Å². The van der Waals surface area contributed by atoms with Crippen LogP contribution in [0.3, 0.4) is 0 Å². The Labute approximate surface area is 98.6 Å². The Kier molecular flexibility index (Phi) is 6.28. The molecule has 16 heavy (non-hydrogen) atoms. The molecule has 0 aromatic heterocycles. The summed E-state index contributed by atoms with van der Waals surface area (Å²) in [6, 6.07) is 0.414. The van der Waals surface area contributed by atoms with Crippen molar-refractivity contribution in [2.75, 3.05) is 26.9 Å². The summed E-state index contributed by atoms with van der Waals surface area (Å²) in [6.07, 6.45) is 1.80. The Hall–Kier alpha value is -0.160. The summed E-state index contributed by atoms with van der Waals surface area (Å²) in [4.78, 5) is 0. The van der Waals surface area contributed by atoms with Crippen LogP contribution in [0.5, 0.6) is 0 Å². The first kappa shape index (κ1) is 13.9. The molecule has 3 unspecified atom stereocenters. The third kappa shape index (κ3) is 4.01. The van der Waals surface area contributed by atoms with Crippen LogP contribution in [0.1, 0.15) is 27.2 Å². The van der Waals surface area contributed by atoms with Crippen molar-refractivity contribution in [3.8, 4) is 0 Å². The molecule has 0 amide bonds. The summed E-state index contributed by atoms with van der Waals surface area (Å²) in [6.45, 7) is 8.50. The standard InChI is InChI=1S/C12H25NO3/c1-5-15-11-8-10(12(11)14-4)13-6-7-16-9(2)3/h9-13H,5-8H2,1-4H3. The van der Waals surface area contributed by atoms with Crippen LogP contribution in [0.4, 0.5) is 0 Å². The van der Waals surface area contributed by atoms with E-state index in [-0.39, 0.29) is 12.2 Å². The molecule has 0 radical (unpaired) electrons. The zero-order chi connectivity index (χ0) is 12.0. The van der Waals surface area contributed by atoms with Gasteiger partial charge in [0.1, 0.15) is 0 Å². The van der Waals surface area contributed by atoms with Gasteiger partial charge in [-0.25, -0.2) is 0 Å². The molecule has 0 heterocycles. The first-order valence-electron chi connectivity index (χ1n) is 6.18. The Morgan fingerprint density at radius 3 is 2.69 bits per heavy atom. The molecule has 0 saturated heterocycles. The number of ether oxygens (including phenoxy) is 3. The lowest BCUT2D eigenvalue weighted by molar-refractivity contribution is -0.131. The molecule has 1 aliphatic rings. The molecule has 96 valence electrons. The van der Waals surface area contributed by atoms with E-state index < -0.39 is 0 Å². The van der Waals surface area contributed by atoms with E-state index in [4.69, 9.17) is 14.2 Å². The molecule has 3 atom stereocenters. The molecule has 0 spiro atoms. The maximum absolute atomic E-state index is 5.56. The van der Waals surface area contributed by atoms with Crippen LogP contribution in [0.25, 0.3) is 0 Å². The molecule has 0 aromatic carbocycles. The summed E-state index contributed by atoms with van der Waals surface area (Å²) in [7, 11) is 1.75. The van der Waals surface area contributed by atoms with Crippen LogP contribution in [0.2, 0.25) is 0 Å². The molecule has 1 N–H and O–H groups in total. The smallest absolute Gasteiger partial charge is 0.0986 e. The van der Waals surface area contributed by atoms with Crippen LogP contribution in [-0.2, 0) is 14.2 Å². The molecule has 0 aliphatic heterocycles. The summed E-state index contributed by atoms with van der Waals surface area (Å²) >= 11 is 0. The van der Waals surface area contributed by atoms with Crippen molar-refractivity contribution in [1.82, 2.24) is 5.32 Å². The van der Waals surface area contributed by atoms with Gasteiger partial charge in [-0.05, 0) is 27.2 Å². The lowest BCUT2D eigenvalue weighted by Gasteiger charge is -2.43. The quantitative estimate of drug-likeness (QED) is 0.637. The van der Waals surface area contributed by atoms with Gasteiger partial charge in [0.25, 0.3) is 0 Å². The zero-order valence-electron chi connectivity index (χ0n) is 10.9. The highest BCUT2D eigenvalue weighted by atomic mass is 16.5. The summed E-state index contributed by atoms with van der Waals surface area (Å²) in [5, 5.41) is 3.43. The average molecular weight is 231 g/mol. The second-order valence-corrected chi connectivity index (χ2v) is 4.41. The lowest BCUT2D eigenvalue weighted by atomic mass is 9.85. The van der Waals surface area contributed by atoms with E-state index in [2.05, 4.69) is 5.32 Å². The van der Waals surface area contributed by atoms with Gasteiger partial charge in [-0.3, -0.25) is 0 Å². The Bertz CT molecular complexity index is 187. The minimum absolute atomic E-state index is 0.194. The van der Waals surface area contributed by atoms with E-state index in [1.807, 2.05) is 20.8 Å². The van der Waals surface area contributed by atoms with Crippen molar-refractivity contribution in [3.05, 3.63) is 0 Å². The van der Waals surface area contributed by atoms with Crippen molar-refractivity contribution in [1.29, 1.82) is 0 Å². The van der Waals surface area contributed by atoms with Crippen molar-refractivity contribution >= 4 is 0 Å². The van der Waals surface area contributed by atoms with Gasteiger partial charge in [0, 0.05) is 26.3 Å². The van der Waals surface area contributed by atoms with E-state index in [1.165, 1.54) is 0 Å². The molecule has 1 rings (SSSR count). The molecular weight excluding hydrogens is 206 g/mol. The highest BCUT2D eigenvalue weighted by Gasteiger charge is 2.41. The largest absolute Gasteiger partial charge is 0.377 e. The number of nitrogens with one attached hydrogen (secondary N) is 1. The van der Waals surface area contributed by atoms with Gasteiger partial charge in [0.2, 0.25) is 0 Å². The zero-order valence-corrected chi connectivity index (χ0v) is 10.9. The second-order valence-electron chi connectivity index (χ2n) is 4.41. The molecule has 1 saturated carbocycles. The van der Waals surface area contributed by atoms with Crippen LogP contribution in [0, 0.1) is 0 Å². The SMILES string of the molecule is CCOC1CC(NCCOC(C)C)C1OC. The molecule has 4 nitrogen and oxygen atoms in total. The highest BCUT2D eigenvalue weighted by Crippen LogP contribution is 2.26. The molecule has 4 heteroatoms. The Morgan fingerprint density at radius 2 is 2.12 bits per heavy atom. The number of rotatable bonds is 8. The van der Waals surface area contributed by atoms with E-state index in [1.54, 1.807) is 7.11 Å². The third-order valence-electron chi connectivity index (χ3n) is 2.86. The minimum atomic E-state index is 0.194. The summed E-state index contributed by atoms with van der Waals surface area (Å²) in [5.41, 5.74) is 0. The fourth-order valence-corrected chi connectivity index (χ4v) is 2.01. The van der Waals surface area contributed by atoms with Gasteiger partial charge in [-0.15, -0.1) is 0 Å². The van der Waals surface area contributed by atoms with Crippen LogP contribution < -0.4 is 5.32 Å². The highest BCUT2D eigenvalue weighted by molar-refractivity contribution is 4.96. The normalized spacial score (nSPS) is 29.4. The van der Waals surface area contributed by atoms with Crippen molar-refractivity contribution < 1.29 is 14.2 Å². The fourth-order valence-electron chi connectivity index (χ4n) is 2.01. The van der Waals surface area contributed by atoms with E-state index >= 15 is 0 Å². The predicted molar refractivity (Wildman–Crippen MR) is 63.7 cm³/mol. The van der Waals surface area contributed by atoms with Crippen molar-refractivity contribution in [2.24, 2.45) is 0 Å². The van der Waals surface area contributed by atoms with E-state index in [9.17, 15) is 0 Å². The third-order valence-corrected chi connectivity index (χ3v) is 2.86. The molecule has 0 aromatic rings. The van der Waals surface area contributed by atoms with Crippen molar-refractivity contribution in [2.45, 2.75) is 51.5 Å². The van der Waals surface area contributed by atoms with Gasteiger partial charge in [0.05, 0.1) is 24.9 Å².